The largest absolute Gasteiger partial charge is 0.493 e. The summed E-state index contributed by atoms with van der Waals surface area (Å²) < 4.78 is 12.2. The monoisotopic (exact) mass is 392 g/mol. The highest BCUT2D eigenvalue weighted by atomic mass is 16.5. The van der Waals surface area contributed by atoms with Crippen molar-refractivity contribution in [1.82, 2.24) is 9.78 Å². The molecule has 0 fully saturated rings. The highest BCUT2D eigenvalue weighted by molar-refractivity contribution is 6.03. The highest BCUT2D eigenvalue weighted by Gasteiger charge is 2.33. The van der Waals surface area contributed by atoms with Gasteiger partial charge in [-0.05, 0) is 29.8 Å². The van der Waals surface area contributed by atoms with Crippen molar-refractivity contribution >= 4 is 23.3 Å². The molecule has 0 radical (unpaired) electrons. The van der Waals surface area contributed by atoms with E-state index in [1.54, 1.807) is 49.4 Å². The second-order valence-corrected chi connectivity index (χ2v) is 6.54. The van der Waals surface area contributed by atoms with Gasteiger partial charge in [-0.15, -0.1) is 0 Å². The zero-order valence-electron chi connectivity index (χ0n) is 16.0. The van der Waals surface area contributed by atoms with Crippen molar-refractivity contribution in [1.29, 1.82) is 0 Å². The van der Waals surface area contributed by atoms with Crippen molar-refractivity contribution in [2.75, 3.05) is 24.9 Å². The molecule has 2 aromatic carbocycles. The van der Waals surface area contributed by atoms with Gasteiger partial charge in [0.25, 0.3) is 0 Å². The van der Waals surface area contributed by atoms with Gasteiger partial charge in [0, 0.05) is 11.3 Å². The lowest BCUT2D eigenvalue weighted by Crippen LogP contribution is -2.35. The van der Waals surface area contributed by atoms with Crippen LogP contribution in [0.2, 0.25) is 0 Å². The number of hydrogen-bond acceptors (Lipinski definition) is 5. The molecule has 0 spiro atoms. The second kappa shape index (κ2) is 7.67. The smallest absolute Gasteiger partial charge is 0.249 e. The molecule has 1 aromatic heterocycles. The van der Waals surface area contributed by atoms with Gasteiger partial charge in [-0.3, -0.25) is 9.59 Å². The fourth-order valence-electron chi connectivity index (χ4n) is 3.33. The van der Waals surface area contributed by atoms with E-state index in [-0.39, 0.29) is 18.2 Å². The molecule has 0 saturated heterocycles. The maximum Gasteiger partial charge on any atom is 0.249 e. The third-order valence-electron chi connectivity index (χ3n) is 4.77. The molecule has 29 heavy (non-hydrogen) atoms. The minimum absolute atomic E-state index is 0.0126. The summed E-state index contributed by atoms with van der Waals surface area (Å²) in [7, 11) is 3.12. The number of aromatic nitrogens is 2. The molecule has 2 amide bonds. The molecule has 1 unspecified atom stereocenters. The summed E-state index contributed by atoms with van der Waals surface area (Å²) in [5, 5.41) is 10.0. The van der Waals surface area contributed by atoms with Crippen LogP contribution in [0.25, 0.3) is 11.1 Å². The van der Waals surface area contributed by atoms with Crippen molar-refractivity contribution in [3.63, 3.8) is 0 Å². The fourth-order valence-corrected chi connectivity index (χ4v) is 3.33. The van der Waals surface area contributed by atoms with E-state index in [1.165, 1.54) is 0 Å². The molecule has 1 aliphatic rings. The van der Waals surface area contributed by atoms with E-state index in [2.05, 4.69) is 15.7 Å². The Balaban J connectivity index is 1.68. The Morgan fingerprint density at radius 2 is 1.90 bits per heavy atom. The predicted octanol–water partition coefficient (Wildman–Crippen LogP) is 3.09. The van der Waals surface area contributed by atoms with Gasteiger partial charge in [-0.2, -0.15) is 5.10 Å². The van der Waals surface area contributed by atoms with Gasteiger partial charge in [-0.25, -0.2) is 4.68 Å². The number of rotatable bonds is 5. The average molecular weight is 392 g/mol. The Bertz CT molecular complexity index is 1060. The SMILES string of the molecule is COc1ccc(-c2cnn3c2NC(=O)CC3C(=O)Nc2ccccc2)cc1OC. The van der Waals surface area contributed by atoms with Crippen molar-refractivity contribution < 1.29 is 19.1 Å². The van der Waals surface area contributed by atoms with E-state index in [0.717, 1.165) is 5.56 Å². The van der Waals surface area contributed by atoms with Crippen LogP contribution in [0.5, 0.6) is 11.5 Å². The molecule has 3 aromatic rings. The summed E-state index contributed by atoms with van der Waals surface area (Å²) in [6.45, 7) is 0. The van der Waals surface area contributed by atoms with Crippen LogP contribution in [-0.2, 0) is 9.59 Å². The zero-order valence-corrected chi connectivity index (χ0v) is 16.0. The topological polar surface area (TPSA) is 94.5 Å². The van der Waals surface area contributed by atoms with Crippen LogP contribution in [0, 0.1) is 0 Å². The van der Waals surface area contributed by atoms with Crippen molar-refractivity contribution in [3.8, 4) is 22.6 Å². The first-order chi connectivity index (χ1) is 14.1. The third-order valence-corrected chi connectivity index (χ3v) is 4.77. The molecule has 8 heteroatoms. The Labute approximate surface area is 167 Å². The third kappa shape index (κ3) is 3.52. The van der Waals surface area contributed by atoms with Gasteiger partial charge in [0.05, 0.1) is 26.8 Å². The van der Waals surface area contributed by atoms with E-state index in [0.29, 0.717) is 28.6 Å². The number of methoxy groups -OCH3 is 2. The molecular formula is C21H20N4O4. The number of nitrogens with one attached hydrogen (secondary N) is 2. The summed E-state index contributed by atoms with van der Waals surface area (Å²) in [5.74, 6) is 1.09. The van der Waals surface area contributed by atoms with E-state index < -0.39 is 6.04 Å². The van der Waals surface area contributed by atoms with Crippen LogP contribution in [0.15, 0.2) is 54.7 Å². The number of carbonyl (C=O) groups is 2. The molecule has 8 nitrogen and oxygen atoms in total. The Kier molecular flexibility index (Phi) is 4.90. The molecule has 0 bridgehead atoms. The normalized spacial score (nSPS) is 15.2. The second-order valence-electron chi connectivity index (χ2n) is 6.54. The van der Waals surface area contributed by atoms with E-state index >= 15 is 0 Å². The maximum atomic E-state index is 12.8. The van der Waals surface area contributed by atoms with Gasteiger partial charge >= 0.3 is 0 Å². The summed E-state index contributed by atoms with van der Waals surface area (Å²) >= 11 is 0. The number of nitrogens with zero attached hydrogens (tertiary/aromatic N) is 2. The lowest BCUT2D eigenvalue weighted by molar-refractivity contribution is -0.125. The molecule has 0 aliphatic carbocycles. The maximum absolute atomic E-state index is 12.8. The highest BCUT2D eigenvalue weighted by Crippen LogP contribution is 2.38. The van der Waals surface area contributed by atoms with E-state index in [1.807, 2.05) is 24.3 Å². The molecular weight excluding hydrogens is 372 g/mol. The van der Waals surface area contributed by atoms with Crippen LogP contribution < -0.4 is 20.1 Å². The zero-order chi connectivity index (χ0) is 20.4. The number of fused-ring (bicyclic) bond motifs is 1. The Morgan fingerprint density at radius 3 is 2.62 bits per heavy atom. The first-order valence-corrected chi connectivity index (χ1v) is 9.06. The first-order valence-electron chi connectivity index (χ1n) is 9.06. The number of benzene rings is 2. The minimum atomic E-state index is -0.743. The summed E-state index contributed by atoms with van der Waals surface area (Å²) in [4.78, 5) is 25.1. The van der Waals surface area contributed by atoms with E-state index in [9.17, 15) is 9.59 Å². The molecule has 2 N–H and O–H groups in total. The number of carbonyl (C=O) groups excluding carboxylic acids is 2. The molecule has 2 heterocycles. The quantitative estimate of drug-likeness (QED) is 0.696. The van der Waals surface area contributed by atoms with E-state index in [4.69, 9.17) is 9.47 Å². The van der Waals surface area contributed by atoms with Crippen molar-refractivity contribution in [2.45, 2.75) is 12.5 Å². The van der Waals surface area contributed by atoms with Gasteiger partial charge in [-0.1, -0.05) is 24.3 Å². The van der Waals surface area contributed by atoms with Gasteiger partial charge in [0.2, 0.25) is 11.8 Å². The number of ether oxygens (including phenoxy) is 2. The fraction of sp³-hybridized carbons (Fsp3) is 0.190. The molecule has 1 atom stereocenters. The first kappa shape index (κ1) is 18.5. The van der Waals surface area contributed by atoms with Crippen molar-refractivity contribution in [3.05, 3.63) is 54.7 Å². The Morgan fingerprint density at radius 1 is 1.14 bits per heavy atom. The minimum Gasteiger partial charge on any atom is -0.493 e. The Hall–Kier alpha value is -3.81. The summed E-state index contributed by atoms with van der Waals surface area (Å²) in [5.41, 5.74) is 2.14. The van der Waals surface area contributed by atoms with Crippen molar-refractivity contribution in [2.24, 2.45) is 0 Å². The number of anilines is 2. The standard InChI is InChI=1S/C21H20N4O4/c1-28-17-9-8-13(10-18(17)29-2)15-12-22-25-16(11-19(26)24-20(15)25)21(27)23-14-6-4-3-5-7-14/h3-10,12,16H,11H2,1-2H3,(H,23,27)(H,24,26). The lowest BCUT2D eigenvalue weighted by Gasteiger charge is -2.24. The van der Waals surface area contributed by atoms with Crippen LogP contribution in [0.4, 0.5) is 11.5 Å². The molecule has 148 valence electrons. The number of amides is 2. The van der Waals surface area contributed by atoms with Crippen LogP contribution in [0.3, 0.4) is 0 Å². The number of para-hydroxylation sites is 1. The predicted molar refractivity (Wildman–Crippen MR) is 108 cm³/mol. The van der Waals surface area contributed by atoms with Gasteiger partial charge < -0.3 is 20.1 Å². The van der Waals surface area contributed by atoms with Gasteiger partial charge in [0.15, 0.2) is 11.5 Å². The summed E-state index contributed by atoms with van der Waals surface area (Å²) in [6, 6.07) is 13.8. The molecule has 4 rings (SSSR count). The van der Waals surface area contributed by atoms with Gasteiger partial charge in [0.1, 0.15) is 11.9 Å². The van der Waals surface area contributed by atoms with Crippen LogP contribution in [0.1, 0.15) is 12.5 Å². The molecule has 0 saturated carbocycles. The van der Waals surface area contributed by atoms with Crippen LogP contribution >= 0.6 is 0 Å². The lowest BCUT2D eigenvalue weighted by atomic mass is 10.1. The summed E-state index contributed by atoms with van der Waals surface area (Å²) in [6.07, 6.45) is 1.64. The number of hydrogen-bond donors (Lipinski definition) is 2. The van der Waals surface area contributed by atoms with Crippen LogP contribution in [-0.4, -0.2) is 35.8 Å². The molecule has 1 aliphatic heterocycles. The average Bonchev–Trinajstić information content (AvgIpc) is 3.17.